The summed E-state index contributed by atoms with van der Waals surface area (Å²) in [6.45, 7) is 2.30. The molecule has 0 aliphatic carbocycles. The van der Waals surface area contributed by atoms with Crippen molar-refractivity contribution in [3.63, 3.8) is 0 Å². The van der Waals surface area contributed by atoms with Crippen molar-refractivity contribution in [1.29, 1.82) is 0 Å². The molecule has 30 heavy (non-hydrogen) atoms. The van der Waals surface area contributed by atoms with Gasteiger partial charge in [0, 0.05) is 7.05 Å². The van der Waals surface area contributed by atoms with Crippen molar-refractivity contribution in [3.05, 3.63) is 57.5 Å². The van der Waals surface area contributed by atoms with Crippen LogP contribution in [0.2, 0.25) is 5.02 Å². The van der Waals surface area contributed by atoms with Gasteiger partial charge in [0.2, 0.25) is 0 Å². The van der Waals surface area contributed by atoms with Crippen LogP contribution in [0, 0.1) is 0 Å². The number of carboxylic acids is 1. The molecule has 1 heterocycles. The number of hydrogen-bond donors (Lipinski definition) is 1. The summed E-state index contributed by atoms with van der Waals surface area (Å²) in [6, 6.07) is 9.57. The number of hydrogen-bond acceptors (Lipinski definition) is 6. The first-order valence-electron chi connectivity index (χ1n) is 8.94. The molecule has 0 spiro atoms. The minimum atomic E-state index is -1.01. The van der Waals surface area contributed by atoms with Crippen LogP contribution in [0.3, 0.4) is 0 Å². The van der Waals surface area contributed by atoms with E-state index in [1.807, 2.05) is 6.92 Å². The molecule has 0 saturated carbocycles. The highest BCUT2D eigenvalue weighted by Crippen LogP contribution is 2.39. The van der Waals surface area contributed by atoms with Crippen LogP contribution in [0.1, 0.15) is 22.8 Å². The molecule has 2 aromatic rings. The van der Waals surface area contributed by atoms with Crippen molar-refractivity contribution in [1.82, 2.24) is 4.90 Å². The van der Waals surface area contributed by atoms with Gasteiger partial charge >= 0.3 is 5.97 Å². The summed E-state index contributed by atoms with van der Waals surface area (Å²) in [5, 5.41) is 9.86. The Bertz CT molecular complexity index is 1050. The molecule has 1 aliphatic rings. The van der Waals surface area contributed by atoms with Crippen molar-refractivity contribution in [3.8, 4) is 11.5 Å². The van der Waals surface area contributed by atoms with Gasteiger partial charge in [0.15, 0.2) is 16.7 Å². The fourth-order valence-electron chi connectivity index (χ4n) is 2.70. The van der Waals surface area contributed by atoms with Gasteiger partial charge in [-0.05, 0) is 66.7 Å². The average Bonchev–Trinajstić information content (AvgIpc) is 2.98. The summed E-state index contributed by atoms with van der Waals surface area (Å²) in [5.74, 6) is -0.276. The van der Waals surface area contributed by atoms with Crippen LogP contribution >= 0.6 is 23.4 Å². The highest BCUT2D eigenvalue weighted by molar-refractivity contribution is 8.18. The lowest BCUT2D eigenvalue weighted by atomic mass is 10.2. The SMILES string of the molecule is CCOc1c(Cl)cc(/C=C2\SC(=Nc3ccc(C(=O)O)cc3)N(C)C2=O)cc1OC. The van der Waals surface area contributed by atoms with Crippen molar-refractivity contribution in [2.75, 3.05) is 20.8 Å². The smallest absolute Gasteiger partial charge is 0.335 e. The normalized spacial score (nSPS) is 16.4. The maximum atomic E-state index is 12.7. The molecule has 0 radical (unpaired) electrons. The number of amides is 1. The van der Waals surface area contributed by atoms with Crippen molar-refractivity contribution in [2.45, 2.75) is 6.92 Å². The van der Waals surface area contributed by atoms with E-state index in [2.05, 4.69) is 4.99 Å². The van der Waals surface area contributed by atoms with E-state index in [0.717, 1.165) is 0 Å². The van der Waals surface area contributed by atoms with Gasteiger partial charge in [-0.25, -0.2) is 9.79 Å². The maximum Gasteiger partial charge on any atom is 0.335 e. The van der Waals surface area contributed by atoms with Gasteiger partial charge in [0.1, 0.15) is 0 Å². The fraction of sp³-hybridized carbons (Fsp3) is 0.190. The molecule has 0 unspecified atom stereocenters. The lowest BCUT2D eigenvalue weighted by molar-refractivity contribution is -0.121. The number of aliphatic imine (C=N–C) groups is 1. The van der Waals surface area contributed by atoms with Gasteiger partial charge in [0.05, 0.1) is 34.9 Å². The standard InChI is InChI=1S/C21H19ClN2O5S/c1-4-29-18-15(22)9-12(10-16(18)28-3)11-17-19(25)24(2)21(30-17)23-14-7-5-13(6-8-14)20(26)27/h5-11H,4H2,1-3H3,(H,26,27)/b17-11-,23-21?. The lowest BCUT2D eigenvalue weighted by Gasteiger charge is -2.12. The minimum Gasteiger partial charge on any atom is -0.493 e. The molecule has 1 fully saturated rings. The van der Waals surface area contributed by atoms with Crippen LogP contribution in [0.15, 0.2) is 46.3 Å². The highest BCUT2D eigenvalue weighted by Gasteiger charge is 2.30. The molecule has 0 aromatic heterocycles. The molecular weight excluding hydrogens is 428 g/mol. The number of nitrogens with zero attached hydrogens (tertiary/aromatic N) is 2. The number of carbonyl (C=O) groups is 2. The highest BCUT2D eigenvalue weighted by atomic mass is 35.5. The number of aromatic carboxylic acids is 1. The number of methoxy groups -OCH3 is 1. The van der Waals surface area contributed by atoms with Crippen molar-refractivity contribution < 1.29 is 24.2 Å². The van der Waals surface area contributed by atoms with E-state index < -0.39 is 5.97 Å². The van der Waals surface area contributed by atoms with Crippen LogP contribution in [0.25, 0.3) is 6.08 Å². The Balaban J connectivity index is 1.89. The number of carboxylic acid groups (broad SMARTS) is 1. The van der Waals surface area contributed by atoms with Crippen LogP contribution in [0.5, 0.6) is 11.5 Å². The first kappa shape index (κ1) is 21.7. The largest absolute Gasteiger partial charge is 0.493 e. The van der Waals surface area contributed by atoms with E-state index in [4.69, 9.17) is 26.2 Å². The molecule has 2 aromatic carbocycles. The van der Waals surface area contributed by atoms with Crippen LogP contribution < -0.4 is 9.47 Å². The Morgan fingerprint density at radius 3 is 2.60 bits per heavy atom. The first-order valence-corrected chi connectivity index (χ1v) is 10.1. The van der Waals surface area contributed by atoms with Gasteiger partial charge in [-0.2, -0.15) is 0 Å². The second-order valence-corrected chi connectivity index (χ2v) is 7.60. The zero-order valence-electron chi connectivity index (χ0n) is 16.5. The summed E-state index contributed by atoms with van der Waals surface area (Å²) in [5.41, 5.74) is 1.41. The Labute approximate surface area is 183 Å². The molecule has 1 aliphatic heterocycles. The molecule has 1 amide bonds. The minimum absolute atomic E-state index is 0.171. The zero-order valence-corrected chi connectivity index (χ0v) is 18.1. The third-order valence-corrected chi connectivity index (χ3v) is 5.52. The molecule has 156 valence electrons. The third kappa shape index (κ3) is 4.60. The number of amidine groups is 1. The number of benzene rings is 2. The quantitative estimate of drug-likeness (QED) is 0.648. The number of carbonyl (C=O) groups excluding carboxylic acids is 1. The van der Waals surface area contributed by atoms with E-state index >= 15 is 0 Å². The van der Waals surface area contributed by atoms with Gasteiger partial charge in [0.25, 0.3) is 5.91 Å². The number of rotatable bonds is 6. The second-order valence-electron chi connectivity index (χ2n) is 6.19. The molecule has 1 saturated heterocycles. The summed E-state index contributed by atoms with van der Waals surface area (Å²) in [7, 11) is 3.15. The molecule has 7 nitrogen and oxygen atoms in total. The molecule has 9 heteroatoms. The number of likely N-dealkylation sites (N-methyl/N-ethyl adjacent to an activating group) is 1. The molecule has 0 atom stereocenters. The fourth-order valence-corrected chi connectivity index (χ4v) is 3.96. The number of thioether (sulfide) groups is 1. The topological polar surface area (TPSA) is 88.4 Å². The zero-order chi connectivity index (χ0) is 21.8. The van der Waals surface area contributed by atoms with Gasteiger partial charge in [-0.1, -0.05) is 11.6 Å². The Kier molecular flexibility index (Phi) is 6.69. The average molecular weight is 447 g/mol. The Morgan fingerprint density at radius 2 is 2.00 bits per heavy atom. The molecule has 3 rings (SSSR count). The lowest BCUT2D eigenvalue weighted by Crippen LogP contribution is -2.23. The van der Waals surface area contributed by atoms with Crippen LogP contribution in [-0.2, 0) is 4.79 Å². The monoisotopic (exact) mass is 446 g/mol. The van der Waals surface area contributed by atoms with E-state index in [9.17, 15) is 9.59 Å². The summed E-state index contributed by atoms with van der Waals surface area (Å²) >= 11 is 7.53. The Morgan fingerprint density at radius 1 is 1.30 bits per heavy atom. The van der Waals surface area contributed by atoms with Gasteiger partial charge < -0.3 is 14.6 Å². The Hall–Kier alpha value is -2.97. The summed E-state index contributed by atoms with van der Waals surface area (Å²) in [4.78, 5) is 30.0. The van der Waals surface area contributed by atoms with Crippen molar-refractivity contribution >= 4 is 52.2 Å². The summed E-state index contributed by atoms with van der Waals surface area (Å²) in [6.07, 6.45) is 1.71. The molecule has 0 bridgehead atoms. The van der Waals surface area contributed by atoms with Gasteiger partial charge in [-0.15, -0.1) is 0 Å². The first-order chi connectivity index (χ1) is 14.3. The van der Waals surface area contributed by atoms with E-state index in [0.29, 0.717) is 44.5 Å². The number of halogens is 1. The van der Waals surface area contributed by atoms with Gasteiger partial charge in [-0.3, -0.25) is 9.69 Å². The third-order valence-electron chi connectivity index (χ3n) is 4.18. The predicted molar refractivity (Wildman–Crippen MR) is 118 cm³/mol. The maximum absolute atomic E-state index is 12.7. The van der Waals surface area contributed by atoms with E-state index in [1.54, 1.807) is 37.4 Å². The number of ether oxygens (including phenoxy) is 2. The van der Waals surface area contributed by atoms with E-state index in [-0.39, 0.29) is 11.5 Å². The van der Waals surface area contributed by atoms with E-state index in [1.165, 1.54) is 35.9 Å². The molecular formula is C21H19ClN2O5S. The van der Waals surface area contributed by atoms with Crippen molar-refractivity contribution in [2.24, 2.45) is 4.99 Å². The second kappa shape index (κ2) is 9.23. The van der Waals surface area contributed by atoms with Crippen LogP contribution in [0.4, 0.5) is 5.69 Å². The van der Waals surface area contributed by atoms with Crippen LogP contribution in [-0.4, -0.2) is 47.8 Å². The summed E-state index contributed by atoms with van der Waals surface area (Å²) < 4.78 is 10.9. The molecule has 1 N–H and O–H groups in total. The predicted octanol–water partition coefficient (Wildman–Crippen LogP) is 4.68.